The molecule has 18 heavy (non-hydrogen) atoms. The lowest BCUT2D eigenvalue weighted by Gasteiger charge is -2.61. The monoisotopic (exact) mass is 245 g/mol. The van der Waals surface area contributed by atoms with Crippen LogP contribution in [0.4, 0.5) is 0 Å². The van der Waals surface area contributed by atoms with Crippen molar-refractivity contribution in [1.29, 1.82) is 0 Å². The van der Waals surface area contributed by atoms with Crippen LogP contribution in [0.3, 0.4) is 0 Å². The van der Waals surface area contributed by atoms with Crippen molar-refractivity contribution < 1.29 is 5.11 Å². The van der Waals surface area contributed by atoms with E-state index in [0.717, 1.165) is 13.0 Å². The molecule has 3 rings (SSSR count). The Morgan fingerprint density at radius 2 is 1.94 bits per heavy atom. The Kier molecular flexibility index (Phi) is 2.28. The molecule has 1 aliphatic carbocycles. The number of nitrogens with one attached hydrogen (secondary N) is 1. The number of aryl methyl sites for hydroxylation is 1. The van der Waals surface area contributed by atoms with E-state index in [9.17, 15) is 5.11 Å². The van der Waals surface area contributed by atoms with Crippen LogP contribution in [-0.4, -0.2) is 17.4 Å². The summed E-state index contributed by atoms with van der Waals surface area (Å²) >= 11 is 0. The number of piperidine rings is 1. The van der Waals surface area contributed by atoms with Gasteiger partial charge in [0.25, 0.3) is 0 Å². The zero-order valence-corrected chi connectivity index (χ0v) is 11.8. The molecule has 2 N–H and O–H groups in total. The maximum atomic E-state index is 11.0. The molecule has 2 nitrogen and oxygen atoms in total. The van der Waals surface area contributed by atoms with Gasteiger partial charge in [-0.05, 0) is 31.0 Å². The number of rotatable bonds is 0. The van der Waals surface area contributed by atoms with Gasteiger partial charge in [0.05, 0.1) is 0 Å². The summed E-state index contributed by atoms with van der Waals surface area (Å²) in [6.07, 6.45) is 1.80. The minimum atomic E-state index is -0.776. The van der Waals surface area contributed by atoms with Crippen molar-refractivity contribution in [3.63, 3.8) is 0 Å². The molecule has 98 valence electrons. The van der Waals surface area contributed by atoms with E-state index >= 15 is 0 Å². The average molecular weight is 245 g/mol. The molecular weight excluding hydrogens is 222 g/mol. The Hall–Kier alpha value is -0.860. The maximum absolute atomic E-state index is 11.0. The summed E-state index contributed by atoms with van der Waals surface area (Å²) in [6, 6.07) is 6.66. The topological polar surface area (TPSA) is 32.3 Å². The third-order valence-corrected chi connectivity index (χ3v) is 5.76. The Labute approximate surface area is 109 Å². The zero-order valence-electron chi connectivity index (χ0n) is 11.8. The maximum Gasteiger partial charge on any atom is 0.126 e. The van der Waals surface area contributed by atoms with Gasteiger partial charge in [-0.3, -0.25) is 5.32 Å². The summed E-state index contributed by atoms with van der Waals surface area (Å²) in [5.41, 5.74) is 3.18. The van der Waals surface area contributed by atoms with Crippen LogP contribution in [0.2, 0.25) is 0 Å². The van der Waals surface area contributed by atoms with E-state index in [1.807, 2.05) is 0 Å². The second kappa shape index (κ2) is 3.37. The third-order valence-electron chi connectivity index (χ3n) is 5.76. The van der Waals surface area contributed by atoms with E-state index in [1.54, 1.807) is 0 Å². The molecule has 2 heteroatoms. The van der Waals surface area contributed by atoms with Crippen molar-refractivity contribution in [3.8, 4) is 0 Å². The summed E-state index contributed by atoms with van der Waals surface area (Å²) in [6.45, 7) is 9.76. The molecule has 1 heterocycles. The van der Waals surface area contributed by atoms with Crippen LogP contribution >= 0.6 is 0 Å². The fraction of sp³-hybridized carbons (Fsp3) is 0.625. The first-order chi connectivity index (χ1) is 8.30. The molecule has 2 bridgehead atoms. The SMILES string of the molecule is Cc1ccc2c(c1)C1(C)CCNC(O)(C2)C1(C)C. The van der Waals surface area contributed by atoms with Crippen LogP contribution in [0, 0.1) is 12.3 Å². The normalized spacial score (nSPS) is 37.2. The predicted molar refractivity (Wildman–Crippen MR) is 73.6 cm³/mol. The molecule has 2 atom stereocenters. The minimum Gasteiger partial charge on any atom is -0.375 e. The van der Waals surface area contributed by atoms with Crippen molar-refractivity contribution in [1.82, 2.24) is 5.32 Å². The Morgan fingerprint density at radius 3 is 2.67 bits per heavy atom. The highest BCUT2D eigenvalue weighted by atomic mass is 16.3. The van der Waals surface area contributed by atoms with Gasteiger partial charge in [-0.25, -0.2) is 0 Å². The van der Waals surface area contributed by atoms with Crippen molar-refractivity contribution in [2.24, 2.45) is 5.41 Å². The summed E-state index contributed by atoms with van der Waals surface area (Å²) in [5, 5.41) is 14.4. The molecule has 1 fully saturated rings. The van der Waals surface area contributed by atoms with Gasteiger partial charge in [-0.2, -0.15) is 0 Å². The van der Waals surface area contributed by atoms with Gasteiger partial charge >= 0.3 is 0 Å². The fourth-order valence-corrected chi connectivity index (χ4v) is 3.90. The standard InChI is InChI=1S/C16H23NO/c1-11-5-6-12-10-16(18)14(2,3)15(4,7-8-17-16)13(12)9-11/h5-6,9,17-18H,7-8,10H2,1-4H3. The molecule has 0 spiro atoms. The highest BCUT2D eigenvalue weighted by Gasteiger charge is 2.60. The first-order valence-corrected chi connectivity index (χ1v) is 6.88. The summed E-state index contributed by atoms with van der Waals surface area (Å²) in [4.78, 5) is 0. The summed E-state index contributed by atoms with van der Waals surface area (Å²) < 4.78 is 0. The van der Waals surface area contributed by atoms with Crippen LogP contribution < -0.4 is 5.32 Å². The Bertz CT molecular complexity index is 508. The molecule has 1 aliphatic heterocycles. The van der Waals surface area contributed by atoms with Crippen molar-refractivity contribution in [3.05, 3.63) is 34.9 Å². The van der Waals surface area contributed by atoms with Gasteiger partial charge in [0, 0.05) is 17.3 Å². The van der Waals surface area contributed by atoms with E-state index < -0.39 is 5.72 Å². The number of hydrogen-bond acceptors (Lipinski definition) is 2. The fourth-order valence-electron chi connectivity index (χ4n) is 3.90. The lowest BCUT2D eigenvalue weighted by Crippen LogP contribution is -2.71. The smallest absolute Gasteiger partial charge is 0.126 e. The van der Waals surface area contributed by atoms with Gasteiger partial charge in [0.1, 0.15) is 5.72 Å². The zero-order chi connectivity index (χ0) is 13.2. The number of fused-ring (bicyclic) bond motifs is 4. The van der Waals surface area contributed by atoms with Crippen LogP contribution in [0.1, 0.15) is 43.9 Å². The van der Waals surface area contributed by atoms with Gasteiger partial charge in [0.2, 0.25) is 0 Å². The lowest BCUT2D eigenvalue weighted by molar-refractivity contribution is -0.160. The van der Waals surface area contributed by atoms with Crippen molar-refractivity contribution in [2.45, 2.75) is 51.7 Å². The molecule has 1 aromatic rings. The van der Waals surface area contributed by atoms with E-state index in [0.29, 0.717) is 6.42 Å². The van der Waals surface area contributed by atoms with Crippen LogP contribution in [0.15, 0.2) is 18.2 Å². The van der Waals surface area contributed by atoms with Crippen molar-refractivity contribution >= 4 is 0 Å². The summed E-state index contributed by atoms with van der Waals surface area (Å²) in [7, 11) is 0. The van der Waals surface area contributed by atoms with Crippen LogP contribution in [0.5, 0.6) is 0 Å². The molecule has 2 aliphatic rings. The molecule has 0 radical (unpaired) electrons. The molecule has 2 unspecified atom stereocenters. The highest BCUT2D eigenvalue weighted by Crippen LogP contribution is 2.57. The van der Waals surface area contributed by atoms with Crippen LogP contribution in [0.25, 0.3) is 0 Å². The Balaban J connectivity index is 2.28. The summed E-state index contributed by atoms with van der Waals surface area (Å²) in [5.74, 6) is 0. The molecule has 0 saturated carbocycles. The van der Waals surface area contributed by atoms with E-state index in [-0.39, 0.29) is 10.8 Å². The Morgan fingerprint density at radius 1 is 1.22 bits per heavy atom. The van der Waals surface area contributed by atoms with Gasteiger partial charge in [0.15, 0.2) is 0 Å². The van der Waals surface area contributed by atoms with Gasteiger partial charge in [-0.1, -0.05) is 44.5 Å². The molecule has 0 amide bonds. The minimum absolute atomic E-state index is 0.0482. The lowest BCUT2D eigenvalue weighted by atomic mass is 9.50. The van der Waals surface area contributed by atoms with Crippen molar-refractivity contribution in [2.75, 3.05) is 6.54 Å². The molecular formula is C16H23NO. The number of hydrogen-bond donors (Lipinski definition) is 2. The highest BCUT2D eigenvalue weighted by molar-refractivity contribution is 5.44. The first kappa shape index (κ1) is 12.2. The van der Waals surface area contributed by atoms with Crippen LogP contribution in [-0.2, 0) is 11.8 Å². The molecule has 0 aromatic heterocycles. The molecule has 1 saturated heterocycles. The van der Waals surface area contributed by atoms with Gasteiger partial charge in [-0.15, -0.1) is 0 Å². The van der Waals surface area contributed by atoms with E-state index in [4.69, 9.17) is 0 Å². The van der Waals surface area contributed by atoms with E-state index in [2.05, 4.69) is 51.2 Å². The first-order valence-electron chi connectivity index (χ1n) is 6.88. The van der Waals surface area contributed by atoms with E-state index in [1.165, 1.54) is 16.7 Å². The van der Waals surface area contributed by atoms with Gasteiger partial charge < -0.3 is 5.11 Å². The number of aliphatic hydroxyl groups is 1. The largest absolute Gasteiger partial charge is 0.375 e. The quantitative estimate of drug-likeness (QED) is 0.736. The number of benzene rings is 1. The molecule has 1 aromatic carbocycles. The average Bonchev–Trinajstić information content (AvgIpc) is 2.27. The second-order valence-electron chi connectivity index (χ2n) is 6.83. The second-order valence-corrected chi connectivity index (χ2v) is 6.83. The predicted octanol–water partition coefficient (Wildman–Crippen LogP) is 2.52. The third kappa shape index (κ3) is 1.25.